The summed E-state index contributed by atoms with van der Waals surface area (Å²) in [5, 5.41) is 3.04. The third-order valence-electron chi connectivity index (χ3n) is 4.78. The minimum atomic E-state index is -3.45. The molecule has 29 heavy (non-hydrogen) atoms. The highest BCUT2D eigenvalue weighted by Crippen LogP contribution is 2.27. The maximum atomic E-state index is 12.6. The molecule has 1 aliphatic rings. The number of carbonyl (C=O) groups is 2. The van der Waals surface area contributed by atoms with E-state index in [9.17, 15) is 18.0 Å². The lowest BCUT2D eigenvalue weighted by Gasteiger charge is -2.15. The van der Waals surface area contributed by atoms with Crippen LogP contribution in [0.4, 0.5) is 10.8 Å². The van der Waals surface area contributed by atoms with Crippen molar-refractivity contribution in [1.29, 1.82) is 0 Å². The molecule has 3 rings (SSSR count). The van der Waals surface area contributed by atoms with Gasteiger partial charge in [-0.05, 0) is 37.5 Å². The van der Waals surface area contributed by atoms with Crippen LogP contribution in [0.15, 0.2) is 24.3 Å². The van der Waals surface area contributed by atoms with E-state index in [1.165, 1.54) is 7.05 Å². The highest BCUT2D eigenvalue weighted by molar-refractivity contribution is 7.92. The van der Waals surface area contributed by atoms with Gasteiger partial charge in [-0.25, -0.2) is 17.7 Å². The van der Waals surface area contributed by atoms with Crippen molar-refractivity contribution in [3.8, 4) is 0 Å². The molecule has 1 aromatic carbocycles. The number of sulfonamides is 1. The number of nitrogens with one attached hydrogen (secondary N) is 1. The van der Waals surface area contributed by atoms with Crippen LogP contribution in [0.25, 0.3) is 0 Å². The summed E-state index contributed by atoms with van der Waals surface area (Å²) in [6.07, 6.45) is 3.56. The number of aromatic nitrogens is 1. The summed E-state index contributed by atoms with van der Waals surface area (Å²) < 4.78 is 24.4. The molecule has 0 bridgehead atoms. The summed E-state index contributed by atoms with van der Waals surface area (Å²) in [5.74, 6) is -0.226. The molecule has 0 atom stereocenters. The summed E-state index contributed by atoms with van der Waals surface area (Å²) in [6, 6.07) is 7.16. The van der Waals surface area contributed by atoms with Gasteiger partial charge >= 0.3 is 0 Å². The predicted molar refractivity (Wildman–Crippen MR) is 114 cm³/mol. The van der Waals surface area contributed by atoms with Gasteiger partial charge in [-0.2, -0.15) is 0 Å². The number of anilines is 2. The minimum Gasteiger partial charge on any atom is -0.342 e. The minimum absolute atomic E-state index is 0.127. The van der Waals surface area contributed by atoms with E-state index < -0.39 is 10.0 Å². The Morgan fingerprint density at radius 3 is 2.41 bits per heavy atom. The maximum Gasteiger partial charge on any atom is 0.267 e. The monoisotopic (exact) mass is 436 g/mol. The van der Waals surface area contributed by atoms with E-state index in [0.29, 0.717) is 22.7 Å². The second kappa shape index (κ2) is 8.50. The van der Waals surface area contributed by atoms with Crippen LogP contribution in [0, 0.1) is 6.92 Å². The molecule has 1 saturated heterocycles. The summed E-state index contributed by atoms with van der Waals surface area (Å²) >= 11 is 1.02. The van der Waals surface area contributed by atoms with Gasteiger partial charge in [-0.3, -0.25) is 9.59 Å². The van der Waals surface area contributed by atoms with Gasteiger partial charge < -0.3 is 10.2 Å². The molecule has 2 aromatic rings. The number of rotatable bonds is 6. The first kappa shape index (κ1) is 21.3. The summed E-state index contributed by atoms with van der Waals surface area (Å²) in [5.41, 5.74) is 1.95. The Hall–Kier alpha value is -2.46. The number of hydrogen-bond donors (Lipinski definition) is 1. The summed E-state index contributed by atoms with van der Waals surface area (Å²) in [7, 11) is -2.05. The molecule has 2 amide bonds. The molecule has 0 saturated carbocycles. The van der Waals surface area contributed by atoms with Crippen LogP contribution in [-0.2, 0) is 21.2 Å². The van der Waals surface area contributed by atoms with Gasteiger partial charge in [0, 0.05) is 25.8 Å². The van der Waals surface area contributed by atoms with Gasteiger partial charge in [0.05, 0.1) is 18.4 Å². The fraction of sp³-hybridized carbons (Fsp3) is 0.421. The molecule has 0 radical (unpaired) electrons. The van der Waals surface area contributed by atoms with Crippen LogP contribution in [0.1, 0.15) is 33.8 Å². The molecule has 10 heteroatoms. The van der Waals surface area contributed by atoms with Crippen LogP contribution < -0.4 is 9.62 Å². The number of amides is 2. The van der Waals surface area contributed by atoms with E-state index in [2.05, 4.69) is 10.3 Å². The Morgan fingerprint density at radius 1 is 1.21 bits per heavy atom. The lowest BCUT2D eigenvalue weighted by Crippen LogP contribution is -2.29. The first-order valence-electron chi connectivity index (χ1n) is 9.24. The van der Waals surface area contributed by atoms with Crippen molar-refractivity contribution >= 4 is 44.0 Å². The molecule has 0 spiro atoms. The fourth-order valence-electron chi connectivity index (χ4n) is 3.02. The Morgan fingerprint density at radius 2 is 1.83 bits per heavy atom. The second-order valence-electron chi connectivity index (χ2n) is 7.06. The number of thiazole rings is 1. The van der Waals surface area contributed by atoms with Crippen LogP contribution >= 0.6 is 11.3 Å². The van der Waals surface area contributed by atoms with Crippen molar-refractivity contribution in [3.05, 3.63) is 40.4 Å². The van der Waals surface area contributed by atoms with E-state index >= 15 is 0 Å². The molecule has 1 aromatic heterocycles. The molecule has 0 unspecified atom stereocenters. The van der Waals surface area contributed by atoms with E-state index in [-0.39, 0.29) is 16.9 Å². The normalized spacial score (nSPS) is 14.1. The van der Waals surface area contributed by atoms with E-state index in [4.69, 9.17) is 0 Å². The maximum absolute atomic E-state index is 12.6. The highest BCUT2D eigenvalue weighted by atomic mass is 32.2. The molecule has 2 heterocycles. The molecular weight excluding hydrogens is 412 g/mol. The summed E-state index contributed by atoms with van der Waals surface area (Å²) in [6.45, 7) is 3.33. The molecule has 1 N–H and O–H groups in total. The van der Waals surface area contributed by atoms with Crippen molar-refractivity contribution in [2.45, 2.75) is 26.2 Å². The zero-order valence-electron chi connectivity index (χ0n) is 16.6. The Bertz CT molecular complexity index is 1010. The quantitative estimate of drug-likeness (QED) is 0.749. The first-order chi connectivity index (χ1) is 13.6. The Labute approximate surface area is 174 Å². The number of aryl methyl sites for hydroxylation is 1. The SMILES string of the molecule is Cc1nc(N(C)S(C)(=O)=O)sc1C(=O)Nc1ccc(CC(=O)N2CCCC2)cc1. The zero-order valence-corrected chi connectivity index (χ0v) is 18.3. The van der Waals surface area contributed by atoms with E-state index in [1.54, 1.807) is 19.1 Å². The second-order valence-corrected chi connectivity index (χ2v) is 10.0. The molecule has 8 nitrogen and oxygen atoms in total. The van der Waals surface area contributed by atoms with E-state index in [0.717, 1.165) is 53.4 Å². The van der Waals surface area contributed by atoms with Crippen LogP contribution in [-0.4, -0.2) is 56.5 Å². The van der Waals surface area contributed by atoms with Gasteiger partial charge in [0.15, 0.2) is 5.13 Å². The molecule has 156 valence electrons. The average molecular weight is 437 g/mol. The lowest BCUT2D eigenvalue weighted by atomic mass is 10.1. The zero-order chi connectivity index (χ0) is 21.2. The van der Waals surface area contributed by atoms with Crippen molar-refractivity contribution < 1.29 is 18.0 Å². The van der Waals surface area contributed by atoms with Gasteiger partial charge in [-0.1, -0.05) is 23.5 Å². The van der Waals surface area contributed by atoms with E-state index in [1.807, 2.05) is 17.0 Å². The van der Waals surface area contributed by atoms with Crippen molar-refractivity contribution in [1.82, 2.24) is 9.88 Å². The summed E-state index contributed by atoms with van der Waals surface area (Å²) in [4.78, 5) is 31.2. The highest BCUT2D eigenvalue weighted by Gasteiger charge is 2.22. The molecular formula is C19H24N4O4S2. The first-order valence-corrected chi connectivity index (χ1v) is 11.9. The van der Waals surface area contributed by atoms with Crippen molar-refractivity contribution in [2.75, 3.05) is 36.0 Å². The molecule has 1 aliphatic heterocycles. The van der Waals surface area contributed by atoms with Crippen LogP contribution in [0.5, 0.6) is 0 Å². The average Bonchev–Trinajstić information content (AvgIpc) is 3.31. The van der Waals surface area contributed by atoms with Crippen LogP contribution in [0.2, 0.25) is 0 Å². The Kier molecular flexibility index (Phi) is 6.23. The largest absolute Gasteiger partial charge is 0.342 e. The fourth-order valence-corrected chi connectivity index (χ4v) is 4.69. The molecule has 1 fully saturated rings. The molecule has 0 aliphatic carbocycles. The smallest absolute Gasteiger partial charge is 0.267 e. The number of carbonyl (C=O) groups excluding carboxylic acids is 2. The third kappa shape index (κ3) is 5.13. The number of likely N-dealkylation sites (tertiary alicyclic amines) is 1. The van der Waals surface area contributed by atoms with Crippen LogP contribution in [0.3, 0.4) is 0 Å². The Balaban J connectivity index is 1.65. The predicted octanol–water partition coefficient (Wildman–Crippen LogP) is 2.26. The standard InChI is InChI=1S/C19H24N4O4S2/c1-13-17(28-19(20-13)22(2)29(3,26)27)18(25)21-15-8-6-14(7-9-15)12-16(24)23-10-4-5-11-23/h6-9H,4-5,10-12H2,1-3H3,(H,21,25). The number of hydrogen-bond acceptors (Lipinski definition) is 6. The number of nitrogens with zero attached hydrogens (tertiary/aromatic N) is 3. The topological polar surface area (TPSA) is 99.7 Å². The van der Waals surface area contributed by atoms with Gasteiger partial charge in [0.1, 0.15) is 4.88 Å². The van der Waals surface area contributed by atoms with Crippen molar-refractivity contribution in [2.24, 2.45) is 0 Å². The van der Waals surface area contributed by atoms with Crippen molar-refractivity contribution in [3.63, 3.8) is 0 Å². The van der Waals surface area contributed by atoms with Gasteiger partial charge in [0.25, 0.3) is 5.91 Å². The number of benzene rings is 1. The van der Waals surface area contributed by atoms with Gasteiger partial charge in [0.2, 0.25) is 15.9 Å². The third-order valence-corrected chi connectivity index (χ3v) is 7.30. The van der Waals surface area contributed by atoms with Gasteiger partial charge in [-0.15, -0.1) is 0 Å². The lowest BCUT2D eigenvalue weighted by molar-refractivity contribution is -0.129.